The second kappa shape index (κ2) is 6.45. The molecule has 78 valence electrons. The third kappa shape index (κ3) is 3.32. The highest BCUT2D eigenvalue weighted by Gasteiger charge is 2.17. The second-order valence-corrected chi connectivity index (χ2v) is 3.22. The van der Waals surface area contributed by atoms with Crippen molar-refractivity contribution in [2.24, 2.45) is 5.73 Å². The molecule has 1 heterocycles. The minimum atomic E-state index is 0. The highest BCUT2D eigenvalue weighted by Crippen LogP contribution is 2.02. The van der Waals surface area contributed by atoms with Crippen LogP contribution in [0.3, 0.4) is 0 Å². The summed E-state index contributed by atoms with van der Waals surface area (Å²) in [5, 5.41) is 0. The largest absolute Gasteiger partial charge is 1.00 e. The van der Waals surface area contributed by atoms with Crippen molar-refractivity contribution in [1.29, 1.82) is 0 Å². The summed E-state index contributed by atoms with van der Waals surface area (Å²) >= 11 is 0. The normalized spacial score (nSPS) is 15.4. The number of nitrogens with zero attached hydrogens (tertiary/aromatic N) is 2. The minimum absolute atomic E-state index is 0. The van der Waals surface area contributed by atoms with Crippen LogP contribution in [0.5, 0.6) is 0 Å². The van der Waals surface area contributed by atoms with Crippen LogP contribution in [0.1, 0.15) is 26.7 Å². The lowest BCUT2D eigenvalue weighted by Crippen LogP contribution is -3.00. The molecular formula is C9H20IN3. The fourth-order valence-corrected chi connectivity index (χ4v) is 1.69. The average molecular weight is 297 g/mol. The van der Waals surface area contributed by atoms with E-state index in [0.717, 1.165) is 32.1 Å². The van der Waals surface area contributed by atoms with Gasteiger partial charge in [0.25, 0.3) is 0 Å². The van der Waals surface area contributed by atoms with Crippen molar-refractivity contribution in [1.82, 2.24) is 4.90 Å². The van der Waals surface area contributed by atoms with Gasteiger partial charge in [-0.2, -0.15) is 0 Å². The van der Waals surface area contributed by atoms with Crippen molar-refractivity contribution in [3.05, 3.63) is 0 Å². The molecule has 1 aliphatic rings. The Kier molecular flexibility index (Phi) is 6.45. The third-order valence-corrected chi connectivity index (χ3v) is 2.52. The second-order valence-electron chi connectivity index (χ2n) is 3.22. The van der Waals surface area contributed by atoms with Gasteiger partial charge in [-0.25, -0.2) is 0 Å². The summed E-state index contributed by atoms with van der Waals surface area (Å²) in [4.78, 5) is 2.21. The number of hydrogen-bond donors (Lipinski definition) is 1. The van der Waals surface area contributed by atoms with E-state index >= 15 is 0 Å². The zero-order valence-electron chi connectivity index (χ0n) is 8.59. The third-order valence-electron chi connectivity index (χ3n) is 2.52. The predicted octanol–water partition coefficient (Wildman–Crippen LogP) is -2.55. The number of hydrogen-bond acceptors (Lipinski definition) is 0. The summed E-state index contributed by atoms with van der Waals surface area (Å²) in [7, 11) is 0. The molecule has 0 saturated carbocycles. The Hall–Kier alpha value is 0. The molecule has 0 aromatic heterocycles. The molecule has 0 amide bonds. The monoisotopic (exact) mass is 297 g/mol. The van der Waals surface area contributed by atoms with E-state index in [-0.39, 0.29) is 24.0 Å². The molecule has 1 aliphatic heterocycles. The molecule has 0 unspecified atom stereocenters. The first-order valence-corrected chi connectivity index (χ1v) is 4.92. The van der Waals surface area contributed by atoms with Crippen LogP contribution in [0.15, 0.2) is 0 Å². The lowest BCUT2D eigenvalue weighted by Gasteiger charge is -2.15. The molecule has 0 radical (unpaired) electrons. The highest BCUT2D eigenvalue weighted by atomic mass is 127. The van der Waals surface area contributed by atoms with E-state index in [9.17, 15) is 0 Å². The van der Waals surface area contributed by atoms with Crippen molar-refractivity contribution in [2.75, 3.05) is 26.2 Å². The van der Waals surface area contributed by atoms with E-state index in [1.54, 1.807) is 0 Å². The Bertz CT molecular complexity index is 168. The van der Waals surface area contributed by atoms with Crippen LogP contribution in [0.25, 0.3) is 0 Å². The smallest absolute Gasteiger partial charge is 0.345 e. The molecule has 0 spiro atoms. The predicted molar refractivity (Wildman–Crippen MR) is 51.3 cm³/mol. The van der Waals surface area contributed by atoms with Gasteiger partial charge in [-0.15, -0.1) is 0 Å². The quantitative estimate of drug-likeness (QED) is 0.346. The van der Waals surface area contributed by atoms with Gasteiger partial charge in [0.05, 0.1) is 26.2 Å². The summed E-state index contributed by atoms with van der Waals surface area (Å²) < 4.78 is 2.28. The molecule has 0 bridgehead atoms. The van der Waals surface area contributed by atoms with Crippen LogP contribution < -0.4 is 29.7 Å². The molecule has 0 aliphatic carbocycles. The molecule has 1 rings (SSSR count). The van der Waals surface area contributed by atoms with Gasteiger partial charge in [0.2, 0.25) is 0 Å². The maximum atomic E-state index is 6.01. The van der Waals surface area contributed by atoms with Crippen LogP contribution in [0, 0.1) is 0 Å². The Labute approximate surface area is 98.0 Å². The first-order valence-electron chi connectivity index (χ1n) is 4.92. The average Bonchev–Trinajstić information content (AvgIpc) is 2.58. The van der Waals surface area contributed by atoms with Gasteiger partial charge in [-0.3, -0.25) is 15.2 Å². The van der Waals surface area contributed by atoms with Gasteiger partial charge in [-0.05, 0) is 26.7 Å². The van der Waals surface area contributed by atoms with Crippen LogP contribution >= 0.6 is 0 Å². The van der Waals surface area contributed by atoms with Crippen molar-refractivity contribution >= 4 is 5.96 Å². The Morgan fingerprint density at radius 1 is 1.23 bits per heavy atom. The molecule has 3 nitrogen and oxygen atoms in total. The molecule has 4 heteroatoms. The summed E-state index contributed by atoms with van der Waals surface area (Å²) in [5.41, 5.74) is 6.01. The SMILES string of the molecule is CCN(CC)C(N)=[N+]1CCCC1.[I-]. The standard InChI is InChI=1S/C9H19N3.HI/c1-3-11(4-2)9(10)12-7-5-6-8-12;/h10H,3-8H2,1-2H3;1H. The van der Waals surface area contributed by atoms with Crippen molar-refractivity contribution in [3.63, 3.8) is 0 Å². The van der Waals surface area contributed by atoms with Crippen LogP contribution in [0.4, 0.5) is 0 Å². The Balaban J connectivity index is 0.00000144. The van der Waals surface area contributed by atoms with Crippen molar-refractivity contribution in [2.45, 2.75) is 26.7 Å². The highest BCUT2D eigenvalue weighted by molar-refractivity contribution is 5.72. The summed E-state index contributed by atoms with van der Waals surface area (Å²) in [5.74, 6) is 0.970. The van der Waals surface area contributed by atoms with E-state index in [1.807, 2.05) is 0 Å². The fourth-order valence-electron chi connectivity index (χ4n) is 1.69. The van der Waals surface area contributed by atoms with E-state index < -0.39 is 0 Å². The maximum Gasteiger partial charge on any atom is 0.345 e. The molecule has 0 atom stereocenters. The lowest BCUT2D eigenvalue weighted by molar-refractivity contribution is -0.512. The van der Waals surface area contributed by atoms with E-state index in [1.165, 1.54) is 12.8 Å². The maximum absolute atomic E-state index is 6.01. The molecule has 0 aromatic carbocycles. The van der Waals surface area contributed by atoms with Crippen LogP contribution in [-0.4, -0.2) is 41.6 Å². The number of rotatable bonds is 2. The molecule has 1 fully saturated rings. The fraction of sp³-hybridized carbons (Fsp3) is 0.889. The lowest BCUT2D eigenvalue weighted by atomic mass is 10.4. The van der Waals surface area contributed by atoms with Gasteiger partial charge >= 0.3 is 5.96 Å². The minimum Gasteiger partial charge on any atom is -1.00 e. The Morgan fingerprint density at radius 2 is 1.69 bits per heavy atom. The molecule has 0 aromatic rings. The van der Waals surface area contributed by atoms with Gasteiger partial charge in [0.15, 0.2) is 0 Å². The van der Waals surface area contributed by atoms with E-state index in [2.05, 4.69) is 23.3 Å². The zero-order valence-corrected chi connectivity index (χ0v) is 10.7. The number of guanidine groups is 1. The summed E-state index contributed by atoms with van der Waals surface area (Å²) in [6.07, 6.45) is 2.59. The Morgan fingerprint density at radius 3 is 2.08 bits per heavy atom. The first kappa shape index (κ1) is 13.0. The molecule has 13 heavy (non-hydrogen) atoms. The van der Waals surface area contributed by atoms with Gasteiger partial charge < -0.3 is 24.0 Å². The van der Waals surface area contributed by atoms with Crippen LogP contribution in [0.2, 0.25) is 0 Å². The molecule has 2 N–H and O–H groups in total. The van der Waals surface area contributed by atoms with E-state index in [0.29, 0.717) is 0 Å². The number of halogens is 1. The topological polar surface area (TPSA) is 32.3 Å². The zero-order chi connectivity index (χ0) is 8.97. The first-order chi connectivity index (χ1) is 5.79. The van der Waals surface area contributed by atoms with Gasteiger partial charge in [0.1, 0.15) is 0 Å². The van der Waals surface area contributed by atoms with Crippen molar-refractivity contribution in [3.8, 4) is 0 Å². The van der Waals surface area contributed by atoms with Gasteiger partial charge in [-0.1, -0.05) is 0 Å². The molecule has 1 saturated heterocycles. The number of nitrogens with two attached hydrogens (primary N) is 1. The summed E-state index contributed by atoms with van der Waals surface area (Å²) in [6, 6.07) is 0. The van der Waals surface area contributed by atoms with Gasteiger partial charge in [0, 0.05) is 0 Å². The summed E-state index contributed by atoms with van der Waals surface area (Å²) in [6.45, 7) is 8.60. The van der Waals surface area contributed by atoms with E-state index in [4.69, 9.17) is 5.73 Å². The molecular weight excluding hydrogens is 277 g/mol. The van der Waals surface area contributed by atoms with Crippen molar-refractivity contribution < 1.29 is 28.6 Å². The van der Waals surface area contributed by atoms with Crippen LogP contribution in [-0.2, 0) is 0 Å².